The molecule has 0 unspecified atom stereocenters. The SMILES string of the molecule is COOCC[Si]. The second-order valence-corrected chi connectivity index (χ2v) is 1.24. The fourth-order valence-corrected chi connectivity index (χ4v) is 0.208. The first-order chi connectivity index (χ1) is 2.91. The lowest BCUT2D eigenvalue weighted by Gasteiger charge is -1.90. The van der Waals surface area contributed by atoms with Crippen molar-refractivity contribution in [2.24, 2.45) is 0 Å². The summed E-state index contributed by atoms with van der Waals surface area (Å²) in [6, 6.07) is 0.813. The van der Waals surface area contributed by atoms with Crippen molar-refractivity contribution in [3.63, 3.8) is 0 Å². The van der Waals surface area contributed by atoms with Gasteiger partial charge in [0.05, 0.1) is 13.7 Å². The molecule has 0 aromatic rings. The molecule has 0 spiro atoms. The molecule has 0 amide bonds. The second-order valence-electron chi connectivity index (χ2n) is 0.739. The third-order valence-electron chi connectivity index (χ3n) is 0.303. The number of hydrogen-bond donors (Lipinski definition) is 0. The molecule has 0 fully saturated rings. The van der Waals surface area contributed by atoms with Gasteiger partial charge in [-0.3, -0.25) is 0 Å². The van der Waals surface area contributed by atoms with Gasteiger partial charge in [0.2, 0.25) is 0 Å². The summed E-state index contributed by atoms with van der Waals surface area (Å²) in [6.45, 7) is 0.605. The molecule has 0 bridgehead atoms. The minimum absolute atomic E-state index is 0.605. The van der Waals surface area contributed by atoms with Crippen LogP contribution in [-0.4, -0.2) is 24.0 Å². The lowest BCUT2D eigenvalue weighted by molar-refractivity contribution is -0.268. The predicted molar refractivity (Wildman–Crippen MR) is 23.5 cm³/mol. The van der Waals surface area contributed by atoms with Crippen molar-refractivity contribution in [3.8, 4) is 0 Å². The summed E-state index contributed by atoms with van der Waals surface area (Å²) in [5.41, 5.74) is 0. The summed E-state index contributed by atoms with van der Waals surface area (Å²) in [7, 11) is 4.67. The molecule has 0 rings (SSSR count). The van der Waals surface area contributed by atoms with Crippen molar-refractivity contribution in [1.82, 2.24) is 0 Å². The molecule has 0 saturated heterocycles. The van der Waals surface area contributed by atoms with E-state index in [1.165, 1.54) is 7.11 Å². The molecule has 35 valence electrons. The van der Waals surface area contributed by atoms with Crippen LogP contribution in [-0.2, 0) is 9.78 Å². The Hall–Kier alpha value is 0.137. The van der Waals surface area contributed by atoms with Crippen LogP contribution in [0.3, 0.4) is 0 Å². The zero-order valence-corrected chi connectivity index (χ0v) is 4.73. The average molecular weight is 103 g/mol. The summed E-state index contributed by atoms with van der Waals surface area (Å²) in [4.78, 5) is 8.69. The Labute approximate surface area is 40.8 Å². The Bertz CT molecular complexity index is 20.8. The fraction of sp³-hybridized carbons (Fsp3) is 1.00. The Balaban J connectivity index is 2.34. The molecule has 0 atom stereocenters. The third kappa shape index (κ3) is 4.14. The Kier molecular flexibility index (Phi) is 5.25. The van der Waals surface area contributed by atoms with E-state index >= 15 is 0 Å². The topological polar surface area (TPSA) is 18.5 Å². The highest BCUT2D eigenvalue weighted by Gasteiger charge is 1.73. The minimum atomic E-state index is 0.605. The summed E-state index contributed by atoms with van der Waals surface area (Å²) >= 11 is 0. The molecule has 0 aromatic heterocycles. The maximum absolute atomic E-state index is 4.43. The van der Waals surface area contributed by atoms with E-state index in [0.29, 0.717) is 6.61 Å². The highest BCUT2D eigenvalue weighted by Crippen LogP contribution is 1.74. The van der Waals surface area contributed by atoms with Gasteiger partial charge in [0.25, 0.3) is 0 Å². The number of rotatable bonds is 3. The average Bonchev–Trinajstić information content (AvgIpc) is 1.61. The molecule has 6 heavy (non-hydrogen) atoms. The van der Waals surface area contributed by atoms with Gasteiger partial charge < -0.3 is 0 Å². The molecule has 0 N–H and O–H groups in total. The van der Waals surface area contributed by atoms with Crippen LogP contribution in [0, 0.1) is 0 Å². The van der Waals surface area contributed by atoms with Crippen LogP contribution in [0.2, 0.25) is 6.04 Å². The molecule has 0 aromatic carbocycles. The summed E-state index contributed by atoms with van der Waals surface area (Å²) in [6.07, 6.45) is 0. The maximum atomic E-state index is 4.43. The van der Waals surface area contributed by atoms with E-state index in [1.54, 1.807) is 0 Å². The van der Waals surface area contributed by atoms with Crippen molar-refractivity contribution < 1.29 is 9.78 Å². The van der Waals surface area contributed by atoms with E-state index in [0.717, 1.165) is 6.04 Å². The summed E-state index contributed by atoms with van der Waals surface area (Å²) in [5.74, 6) is 0. The van der Waals surface area contributed by atoms with Gasteiger partial charge in [0.1, 0.15) is 0 Å². The van der Waals surface area contributed by atoms with Crippen LogP contribution < -0.4 is 0 Å². The summed E-state index contributed by atoms with van der Waals surface area (Å²) in [5, 5.41) is 0. The zero-order chi connectivity index (χ0) is 4.83. The molecule has 3 radical (unpaired) electrons. The second kappa shape index (κ2) is 5.14. The van der Waals surface area contributed by atoms with E-state index in [1.807, 2.05) is 0 Å². The largest absolute Gasteiger partial charge is 0.240 e. The lowest BCUT2D eigenvalue weighted by Crippen LogP contribution is -1.89. The zero-order valence-electron chi connectivity index (χ0n) is 3.73. The first kappa shape index (κ1) is 6.14. The van der Waals surface area contributed by atoms with Gasteiger partial charge in [0.15, 0.2) is 0 Å². The van der Waals surface area contributed by atoms with Gasteiger partial charge in [-0.05, 0) is 6.04 Å². The molecule has 0 saturated carbocycles. The molecule has 0 aliphatic heterocycles. The number of hydrogen-bond acceptors (Lipinski definition) is 2. The van der Waals surface area contributed by atoms with Crippen LogP contribution in [0.15, 0.2) is 0 Å². The van der Waals surface area contributed by atoms with Crippen molar-refractivity contribution in [3.05, 3.63) is 0 Å². The highest BCUT2D eigenvalue weighted by molar-refractivity contribution is 6.08. The molecular formula is C3H7O2Si. The molecule has 3 heteroatoms. The minimum Gasteiger partial charge on any atom is -0.240 e. The van der Waals surface area contributed by atoms with Crippen LogP contribution in [0.4, 0.5) is 0 Å². The van der Waals surface area contributed by atoms with Gasteiger partial charge in [-0.25, -0.2) is 9.78 Å². The Morgan fingerprint density at radius 1 is 1.67 bits per heavy atom. The molecule has 0 heterocycles. The van der Waals surface area contributed by atoms with Gasteiger partial charge in [-0.2, -0.15) is 0 Å². The van der Waals surface area contributed by atoms with E-state index in [9.17, 15) is 0 Å². The lowest BCUT2D eigenvalue weighted by atomic mass is 10.9. The van der Waals surface area contributed by atoms with E-state index in [4.69, 9.17) is 0 Å². The maximum Gasteiger partial charge on any atom is 0.0792 e. The van der Waals surface area contributed by atoms with Crippen molar-refractivity contribution in [2.45, 2.75) is 6.04 Å². The van der Waals surface area contributed by atoms with E-state index in [2.05, 4.69) is 20.0 Å². The van der Waals surface area contributed by atoms with Crippen LogP contribution >= 0.6 is 0 Å². The van der Waals surface area contributed by atoms with Gasteiger partial charge >= 0.3 is 0 Å². The Morgan fingerprint density at radius 3 is 2.50 bits per heavy atom. The van der Waals surface area contributed by atoms with Gasteiger partial charge in [0, 0.05) is 10.2 Å². The standard InChI is InChI=1S/C3H7O2Si/c1-4-5-2-3-6/h2-3H2,1H3. The smallest absolute Gasteiger partial charge is 0.0792 e. The third-order valence-corrected chi connectivity index (χ3v) is 0.507. The van der Waals surface area contributed by atoms with Crippen LogP contribution in [0.25, 0.3) is 0 Å². The van der Waals surface area contributed by atoms with Crippen molar-refractivity contribution in [1.29, 1.82) is 0 Å². The fourth-order valence-electron chi connectivity index (χ4n) is 0.125. The predicted octanol–water partition coefficient (Wildman–Crippen LogP) is 0.151. The highest BCUT2D eigenvalue weighted by atomic mass is 28.1. The molecule has 2 nitrogen and oxygen atoms in total. The monoisotopic (exact) mass is 103 g/mol. The van der Waals surface area contributed by atoms with E-state index in [-0.39, 0.29) is 0 Å². The van der Waals surface area contributed by atoms with Crippen molar-refractivity contribution >= 4 is 10.2 Å². The van der Waals surface area contributed by atoms with Crippen LogP contribution in [0.1, 0.15) is 0 Å². The summed E-state index contributed by atoms with van der Waals surface area (Å²) < 4.78 is 0. The van der Waals surface area contributed by atoms with E-state index < -0.39 is 0 Å². The quantitative estimate of drug-likeness (QED) is 0.219. The first-order valence-corrected chi connectivity index (χ1v) is 2.42. The molecule has 0 aliphatic carbocycles. The molecule has 0 aliphatic rings. The molecular weight excluding hydrogens is 96.1 g/mol. The van der Waals surface area contributed by atoms with Crippen molar-refractivity contribution in [2.75, 3.05) is 13.7 Å². The first-order valence-electron chi connectivity index (χ1n) is 1.72. The van der Waals surface area contributed by atoms with Gasteiger partial charge in [-0.15, -0.1) is 0 Å². The van der Waals surface area contributed by atoms with Gasteiger partial charge in [-0.1, -0.05) is 0 Å². The Morgan fingerprint density at radius 2 is 2.33 bits per heavy atom. The normalized spacial score (nSPS) is 9.00. The van der Waals surface area contributed by atoms with Crippen LogP contribution in [0.5, 0.6) is 0 Å².